The highest BCUT2D eigenvalue weighted by Crippen LogP contribution is 2.31. The Morgan fingerprint density at radius 2 is 1.85 bits per heavy atom. The summed E-state index contributed by atoms with van der Waals surface area (Å²) >= 11 is 9.67. The Balaban J connectivity index is 1.81. The van der Waals surface area contributed by atoms with Gasteiger partial charge in [0.1, 0.15) is 5.75 Å². The van der Waals surface area contributed by atoms with Crippen LogP contribution < -0.4 is 10.5 Å². The lowest BCUT2D eigenvalue weighted by molar-refractivity contribution is 0.303. The minimum Gasteiger partial charge on any atom is -0.490 e. The van der Waals surface area contributed by atoms with Crippen LogP contribution in [0.15, 0.2) is 46.9 Å². The average Bonchev–Trinajstić information content (AvgIpc) is 3.26. The minimum absolute atomic E-state index is 0.241. The maximum Gasteiger partial charge on any atom is 0.119 e. The number of hydrogen-bond acceptors (Lipinski definition) is 2. The molecular weight excluding hydrogens is 338 g/mol. The number of halogens is 2. The van der Waals surface area contributed by atoms with E-state index in [0.717, 1.165) is 34.2 Å². The van der Waals surface area contributed by atoms with E-state index in [2.05, 4.69) is 15.9 Å². The highest BCUT2D eigenvalue weighted by Gasteiger charge is 2.23. The minimum atomic E-state index is -0.241. The molecule has 4 heteroatoms. The van der Waals surface area contributed by atoms with Gasteiger partial charge in [-0.15, -0.1) is 0 Å². The summed E-state index contributed by atoms with van der Waals surface area (Å²) in [7, 11) is 0. The molecule has 3 rings (SSSR count). The molecule has 2 nitrogen and oxygen atoms in total. The maximum absolute atomic E-state index is 6.30. The number of nitrogens with two attached hydrogens (primary N) is 1. The van der Waals surface area contributed by atoms with Crippen LogP contribution >= 0.6 is 27.5 Å². The van der Waals surface area contributed by atoms with Crippen molar-refractivity contribution in [3.05, 3.63) is 63.1 Å². The molecule has 1 saturated carbocycles. The first-order chi connectivity index (χ1) is 9.63. The van der Waals surface area contributed by atoms with Gasteiger partial charge in [0, 0.05) is 9.50 Å². The van der Waals surface area contributed by atoms with Crippen molar-refractivity contribution in [2.24, 2.45) is 5.73 Å². The van der Waals surface area contributed by atoms with E-state index >= 15 is 0 Å². The summed E-state index contributed by atoms with van der Waals surface area (Å²) in [5.41, 5.74) is 8.24. The number of ether oxygens (including phenoxy) is 1. The molecule has 104 valence electrons. The van der Waals surface area contributed by atoms with Gasteiger partial charge < -0.3 is 10.5 Å². The number of rotatable bonds is 4. The molecule has 1 aliphatic carbocycles. The second-order valence-corrected chi connectivity index (χ2v) is 6.35. The fourth-order valence-electron chi connectivity index (χ4n) is 2.06. The zero-order valence-corrected chi connectivity index (χ0v) is 13.2. The summed E-state index contributed by atoms with van der Waals surface area (Å²) in [6.07, 6.45) is 2.73. The van der Waals surface area contributed by atoms with E-state index < -0.39 is 0 Å². The Morgan fingerprint density at radius 3 is 2.50 bits per heavy atom. The van der Waals surface area contributed by atoms with Crippen LogP contribution in [0.2, 0.25) is 5.02 Å². The second-order valence-electron chi connectivity index (χ2n) is 5.03. The molecule has 0 radical (unpaired) electrons. The Kier molecular flexibility index (Phi) is 4.01. The van der Waals surface area contributed by atoms with Crippen molar-refractivity contribution in [3.63, 3.8) is 0 Å². The zero-order valence-electron chi connectivity index (χ0n) is 10.9. The molecule has 2 aromatic rings. The lowest BCUT2D eigenvalue weighted by Gasteiger charge is -2.15. The Morgan fingerprint density at radius 1 is 1.15 bits per heavy atom. The Bertz CT molecular complexity index is 610. The third-order valence-corrected chi connectivity index (χ3v) is 4.20. The van der Waals surface area contributed by atoms with Gasteiger partial charge in [-0.3, -0.25) is 0 Å². The summed E-state index contributed by atoms with van der Waals surface area (Å²) in [6, 6.07) is 13.4. The van der Waals surface area contributed by atoms with Gasteiger partial charge in [-0.1, -0.05) is 39.7 Å². The first kappa shape index (κ1) is 13.9. The third kappa shape index (κ3) is 3.17. The van der Waals surface area contributed by atoms with Gasteiger partial charge >= 0.3 is 0 Å². The third-order valence-electron chi connectivity index (χ3n) is 3.36. The van der Waals surface area contributed by atoms with E-state index in [1.165, 1.54) is 0 Å². The van der Waals surface area contributed by atoms with Crippen molar-refractivity contribution in [3.8, 4) is 5.75 Å². The predicted molar refractivity (Wildman–Crippen MR) is 85.3 cm³/mol. The van der Waals surface area contributed by atoms with Crippen LogP contribution in [0.5, 0.6) is 5.75 Å². The monoisotopic (exact) mass is 351 g/mol. The molecule has 0 bridgehead atoms. The van der Waals surface area contributed by atoms with Crippen LogP contribution in [0, 0.1) is 0 Å². The summed E-state index contributed by atoms with van der Waals surface area (Å²) in [4.78, 5) is 0. The molecule has 1 unspecified atom stereocenters. The van der Waals surface area contributed by atoms with E-state index in [0.29, 0.717) is 11.1 Å². The second kappa shape index (κ2) is 5.76. The van der Waals surface area contributed by atoms with Gasteiger partial charge in [-0.05, 0) is 54.3 Å². The summed E-state index contributed by atoms with van der Waals surface area (Å²) < 4.78 is 6.71. The molecule has 20 heavy (non-hydrogen) atoms. The standard InChI is InChI=1S/C16H15BrClNO/c17-11-3-8-15(18)14(9-11)16(19)10-1-4-12(5-2-10)20-13-6-7-13/h1-5,8-9,13,16H,6-7,19H2. The molecule has 2 aromatic carbocycles. The quantitative estimate of drug-likeness (QED) is 0.866. The van der Waals surface area contributed by atoms with Crippen LogP contribution in [0.3, 0.4) is 0 Å². The summed E-state index contributed by atoms with van der Waals surface area (Å²) in [5.74, 6) is 0.906. The van der Waals surface area contributed by atoms with Gasteiger partial charge in [0.2, 0.25) is 0 Å². The molecule has 1 atom stereocenters. The molecule has 0 heterocycles. The van der Waals surface area contributed by atoms with E-state index in [-0.39, 0.29) is 6.04 Å². The van der Waals surface area contributed by atoms with E-state index in [9.17, 15) is 0 Å². The molecular formula is C16H15BrClNO. The van der Waals surface area contributed by atoms with Crippen molar-refractivity contribution in [2.45, 2.75) is 25.0 Å². The van der Waals surface area contributed by atoms with Crippen LogP contribution in [-0.2, 0) is 0 Å². The first-order valence-corrected chi connectivity index (χ1v) is 7.78. The predicted octanol–water partition coefficient (Wildman–Crippen LogP) is 4.69. The highest BCUT2D eigenvalue weighted by atomic mass is 79.9. The zero-order chi connectivity index (χ0) is 14.1. The maximum atomic E-state index is 6.30. The lowest BCUT2D eigenvalue weighted by Crippen LogP contribution is -2.12. The highest BCUT2D eigenvalue weighted by molar-refractivity contribution is 9.10. The van der Waals surface area contributed by atoms with Crippen molar-refractivity contribution >= 4 is 27.5 Å². The van der Waals surface area contributed by atoms with Crippen molar-refractivity contribution in [1.82, 2.24) is 0 Å². The smallest absolute Gasteiger partial charge is 0.119 e. The molecule has 1 fully saturated rings. The van der Waals surface area contributed by atoms with Crippen molar-refractivity contribution < 1.29 is 4.74 Å². The molecule has 0 amide bonds. The van der Waals surface area contributed by atoms with Gasteiger partial charge in [0.25, 0.3) is 0 Å². The van der Waals surface area contributed by atoms with Crippen LogP contribution in [-0.4, -0.2) is 6.10 Å². The fourth-order valence-corrected chi connectivity index (χ4v) is 2.68. The van der Waals surface area contributed by atoms with Crippen LogP contribution in [0.4, 0.5) is 0 Å². The number of benzene rings is 2. The SMILES string of the molecule is NC(c1ccc(OC2CC2)cc1)c1cc(Br)ccc1Cl. The van der Waals surface area contributed by atoms with E-state index in [1.807, 2.05) is 42.5 Å². The lowest BCUT2D eigenvalue weighted by atomic mass is 9.99. The van der Waals surface area contributed by atoms with Gasteiger partial charge in [-0.25, -0.2) is 0 Å². The van der Waals surface area contributed by atoms with E-state index in [4.69, 9.17) is 22.1 Å². The van der Waals surface area contributed by atoms with Gasteiger partial charge in [0.15, 0.2) is 0 Å². The first-order valence-electron chi connectivity index (χ1n) is 6.60. The van der Waals surface area contributed by atoms with Crippen LogP contribution in [0.1, 0.15) is 30.0 Å². The molecule has 1 aliphatic rings. The normalized spacial score (nSPS) is 15.9. The Hall–Kier alpha value is -1.03. The van der Waals surface area contributed by atoms with Gasteiger partial charge in [0.05, 0.1) is 12.1 Å². The molecule has 0 saturated heterocycles. The summed E-state index contributed by atoms with van der Waals surface area (Å²) in [5, 5.41) is 0.680. The largest absolute Gasteiger partial charge is 0.490 e. The molecule has 0 aromatic heterocycles. The number of hydrogen-bond donors (Lipinski definition) is 1. The van der Waals surface area contributed by atoms with Crippen molar-refractivity contribution in [2.75, 3.05) is 0 Å². The average molecular weight is 353 g/mol. The molecule has 0 spiro atoms. The molecule has 0 aliphatic heterocycles. The fraction of sp³-hybridized carbons (Fsp3) is 0.250. The van der Waals surface area contributed by atoms with Gasteiger partial charge in [-0.2, -0.15) is 0 Å². The topological polar surface area (TPSA) is 35.2 Å². The molecule has 2 N–H and O–H groups in total. The Labute approximate surface area is 132 Å². The van der Waals surface area contributed by atoms with Crippen molar-refractivity contribution in [1.29, 1.82) is 0 Å². The van der Waals surface area contributed by atoms with Crippen LogP contribution in [0.25, 0.3) is 0 Å². The summed E-state index contributed by atoms with van der Waals surface area (Å²) in [6.45, 7) is 0. The van der Waals surface area contributed by atoms with E-state index in [1.54, 1.807) is 0 Å².